The first-order valence-electron chi connectivity index (χ1n) is 7.32. The molecule has 2 rings (SSSR count). The van der Waals surface area contributed by atoms with Crippen molar-refractivity contribution in [2.24, 2.45) is 0 Å². The van der Waals surface area contributed by atoms with E-state index in [-0.39, 0.29) is 12.1 Å². The third-order valence-electron chi connectivity index (χ3n) is 3.55. The zero-order chi connectivity index (χ0) is 15.4. The second-order valence-electron chi connectivity index (χ2n) is 5.75. The molecule has 0 aliphatic carbocycles. The molecule has 0 spiro atoms. The van der Waals surface area contributed by atoms with Gasteiger partial charge in [-0.15, -0.1) is 11.3 Å². The summed E-state index contributed by atoms with van der Waals surface area (Å²) in [4.78, 5) is 18.7. The van der Waals surface area contributed by atoms with Crippen LogP contribution in [-0.4, -0.2) is 41.6 Å². The lowest BCUT2D eigenvalue weighted by Crippen LogP contribution is -2.46. The average molecular weight is 308 g/mol. The quantitative estimate of drug-likeness (QED) is 0.841. The number of nitrogens with zero attached hydrogens (tertiary/aromatic N) is 2. The van der Waals surface area contributed by atoms with Crippen LogP contribution < -0.4 is 10.6 Å². The van der Waals surface area contributed by atoms with Gasteiger partial charge in [0.2, 0.25) is 0 Å². The Kier molecular flexibility index (Phi) is 5.36. The lowest BCUT2D eigenvalue weighted by atomic mass is 10.0. The Balaban J connectivity index is 1.77. The number of urea groups is 1. The van der Waals surface area contributed by atoms with Gasteiger partial charge in [0.15, 0.2) is 0 Å². The van der Waals surface area contributed by atoms with E-state index < -0.39 is 0 Å². The van der Waals surface area contributed by atoms with Crippen LogP contribution in [0, 0.1) is 13.8 Å². The number of aromatic nitrogens is 1. The molecule has 116 valence electrons. The topological polar surface area (TPSA) is 57.3 Å². The number of piperidine rings is 1. The first kappa shape index (κ1) is 16.0. The molecule has 0 saturated carbocycles. The second kappa shape index (κ2) is 7.04. The molecule has 0 atom stereocenters. The van der Waals surface area contributed by atoms with Crippen LogP contribution >= 0.6 is 11.3 Å². The van der Waals surface area contributed by atoms with Crippen LogP contribution in [0.1, 0.15) is 30.5 Å². The van der Waals surface area contributed by atoms with E-state index in [0.29, 0.717) is 0 Å². The number of rotatable bonds is 4. The molecule has 1 saturated heterocycles. The van der Waals surface area contributed by atoms with E-state index in [1.54, 1.807) is 0 Å². The Morgan fingerprint density at radius 2 is 2.10 bits per heavy atom. The summed E-state index contributed by atoms with van der Waals surface area (Å²) in [5, 5.41) is 7.76. The van der Waals surface area contributed by atoms with Gasteiger partial charge in [0.1, 0.15) is 5.00 Å². The monoisotopic (exact) mass is 308 g/mol. The van der Waals surface area contributed by atoms with Crippen molar-refractivity contribution in [2.45, 2.75) is 39.7 Å². The first-order chi connectivity index (χ1) is 9.94. The molecular formula is C15H24N4OS. The van der Waals surface area contributed by atoms with Crippen LogP contribution in [0.15, 0.2) is 12.2 Å². The molecule has 1 aromatic heterocycles. The van der Waals surface area contributed by atoms with Gasteiger partial charge in [-0.2, -0.15) is 0 Å². The van der Waals surface area contributed by atoms with Crippen LogP contribution in [0.2, 0.25) is 0 Å². The predicted molar refractivity (Wildman–Crippen MR) is 88.0 cm³/mol. The summed E-state index contributed by atoms with van der Waals surface area (Å²) in [6.07, 6.45) is 1.98. The minimum Gasteiger partial charge on any atom is -0.335 e. The van der Waals surface area contributed by atoms with Gasteiger partial charge in [0, 0.05) is 25.7 Å². The van der Waals surface area contributed by atoms with Gasteiger partial charge in [-0.05, 0) is 33.6 Å². The molecule has 1 fully saturated rings. The highest BCUT2D eigenvalue weighted by Crippen LogP contribution is 2.23. The number of thiazole rings is 1. The summed E-state index contributed by atoms with van der Waals surface area (Å²) in [5.41, 5.74) is 2.07. The van der Waals surface area contributed by atoms with Gasteiger partial charge in [-0.25, -0.2) is 9.78 Å². The summed E-state index contributed by atoms with van der Waals surface area (Å²) in [5.74, 6) is 0. The SMILES string of the molecule is C=C(C)CN1CCC(NC(=O)Nc2sc(C)nc2C)CC1. The number of hydrogen-bond acceptors (Lipinski definition) is 4. The number of likely N-dealkylation sites (tertiary alicyclic amines) is 1. The van der Waals surface area contributed by atoms with Crippen LogP contribution in [-0.2, 0) is 0 Å². The maximum absolute atomic E-state index is 12.0. The molecule has 0 unspecified atom stereocenters. The van der Waals surface area contributed by atoms with E-state index >= 15 is 0 Å². The van der Waals surface area contributed by atoms with E-state index in [1.807, 2.05) is 13.8 Å². The fourth-order valence-electron chi connectivity index (χ4n) is 2.59. The van der Waals surface area contributed by atoms with Crippen molar-refractivity contribution in [3.63, 3.8) is 0 Å². The fraction of sp³-hybridized carbons (Fsp3) is 0.600. The Bertz CT molecular complexity index is 518. The first-order valence-corrected chi connectivity index (χ1v) is 8.14. The third-order valence-corrected chi connectivity index (χ3v) is 4.54. The van der Waals surface area contributed by atoms with E-state index in [1.165, 1.54) is 16.9 Å². The summed E-state index contributed by atoms with van der Waals surface area (Å²) < 4.78 is 0. The third kappa shape index (κ3) is 4.82. The minimum atomic E-state index is -0.125. The zero-order valence-corrected chi connectivity index (χ0v) is 13.8. The molecule has 0 aromatic carbocycles. The van der Waals surface area contributed by atoms with Crippen molar-refractivity contribution < 1.29 is 4.79 Å². The minimum absolute atomic E-state index is 0.125. The summed E-state index contributed by atoms with van der Waals surface area (Å²) in [6, 6.07) is 0.126. The number of nitrogens with one attached hydrogen (secondary N) is 2. The zero-order valence-electron chi connectivity index (χ0n) is 13.0. The second-order valence-corrected chi connectivity index (χ2v) is 6.96. The van der Waals surface area contributed by atoms with Crippen molar-refractivity contribution in [3.8, 4) is 0 Å². The molecule has 2 N–H and O–H groups in total. The molecule has 2 heterocycles. The van der Waals surface area contributed by atoms with Gasteiger partial charge >= 0.3 is 6.03 Å². The molecule has 5 nitrogen and oxygen atoms in total. The van der Waals surface area contributed by atoms with E-state index in [0.717, 1.165) is 48.2 Å². The molecule has 1 aromatic rings. The van der Waals surface area contributed by atoms with Gasteiger partial charge in [-0.1, -0.05) is 12.2 Å². The molecule has 21 heavy (non-hydrogen) atoms. The van der Waals surface area contributed by atoms with Crippen LogP contribution in [0.5, 0.6) is 0 Å². The Morgan fingerprint density at radius 3 is 2.62 bits per heavy atom. The smallest absolute Gasteiger partial charge is 0.320 e. The Morgan fingerprint density at radius 1 is 1.43 bits per heavy atom. The highest BCUT2D eigenvalue weighted by atomic mass is 32.1. The van der Waals surface area contributed by atoms with Gasteiger partial charge in [0.05, 0.1) is 10.7 Å². The van der Waals surface area contributed by atoms with Crippen molar-refractivity contribution in [1.29, 1.82) is 0 Å². The number of amides is 2. The average Bonchev–Trinajstić information content (AvgIpc) is 2.69. The molecule has 0 bridgehead atoms. The Labute approximate surface area is 130 Å². The fourth-order valence-corrected chi connectivity index (χ4v) is 3.40. The number of carbonyl (C=O) groups excluding carboxylic acids is 1. The van der Waals surface area contributed by atoms with Crippen LogP contribution in [0.3, 0.4) is 0 Å². The van der Waals surface area contributed by atoms with E-state index in [4.69, 9.17) is 0 Å². The summed E-state index contributed by atoms with van der Waals surface area (Å²) in [6.45, 7) is 12.8. The van der Waals surface area contributed by atoms with Crippen LogP contribution in [0.25, 0.3) is 0 Å². The highest BCUT2D eigenvalue weighted by molar-refractivity contribution is 7.16. The molecule has 6 heteroatoms. The highest BCUT2D eigenvalue weighted by Gasteiger charge is 2.21. The maximum atomic E-state index is 12.0. The predicted octanol–water partition coefficient (Wildman–Crippen LogP) is 2.92. The number of carbonyl (C=O) groups is 1. The van der Waals surface area contributed by atoms with Crippen LogP contribution in [0.4, 0.5) is 9.80 Å². The summed E-state index contributed by atoms with van der Waals surface area (Å²) in [7, 11) is 0. The van der Waals surface area contributed by atoms with Gasteiger partial charge in [0.25, 0.3) is 0 Å². The van der Waals surface area contributed by atoms with E-state index in [2.05, 4.69) is 34.0 Å². The molecular weight excluding hydrogens is 284 g/mol. The molecule has 1 aliphatic heterocycles. The molecule has 2 amide bonds. The van der Waals surface area contributed by atoms with E-state index in [9.17, 15) is 4.79 Å². The standard InChI is InChI=1S/C15H24N4OS/c1-10(2)9-19-7-5-13(6-8-19)17-15(20)18-14-11(3)16-12(4)21-14/h13H,1,5-9H2,2-4H3,(H2,17,18,20). The van der Waals surface area contributed by atoms with Crippen molar-refractivity contribution in [2.75, 3.05) is 25.0 Å². The lowest BCUT2D eigenvalue weighted by Gasteiger charge is -2.32. The maximum Gasteiger partial charge on any atom is 0.320 e. The number of aryl methyl sites for hydroxylation is 2. The van der Waals surface area contributed by atoms with Gasteiger partial charge < -0.3 is 5.32 Å². The largest absolute Gasteiger partial charge is 0.335 e. The Hall–Kier alpha value is -1.40. The normalized spacial score (nSPS) is 16.7. The number of hydrogen-bond donors (Lipinski definition) is 2. The molecule has 1 aliphatic rings. The van der Waals surface area contributed by atoms with Crippen molar-refractivity contribution in [3.05, 3.63) is 22.9 Å². The van der Waals surface area contributed by atoms with Crippen molar-refractivity contribution >= 4 is 22.4 Å². The summed E-state index contributed by atoms with van der Waals surface area (Å²) >= 11 is 1.51. The van der Waals surface area contributed by atoms with Gasteiger partial charge in [-0.3, -0.25) is 10.2 Å². The lowest BCUT2D eigenvalue weighted by molar-refractivity contribution is 0.207. The van der Waals surface area contributed by atoms with Crippen molar-refractivity contribution in [1.82, 2.24) is 15.2 Å². The molecule has 0 radical (unpaired) electrons. The number of anilines is 1.